The molecule has 0 aliphatic heterocycles. The summed E-state index contributed by atoms with van der Waals surface area (Å²) in [5, 5.41) is 14.2. The molecule has 9 nitrogen and oxygen atoms in total. The van der Waals surface area contributed by atoms with E-state index < -0.39 is 23.6 Å². The highest BCUT2D eigenvalue weighted by atomic mass is 79.9. The predicted molar refractivity (Wildman–Crippen MR) is 114 cm³/mol. The number of aryl methyl sites for hydroxylation is 1. The van der Waals surface area contributed by atoms with Crippen molar-refractivity contribution in [1.29, 1.82) is 0 Å². The summed E-state index contributed by atoms with van der Waals surface area (Å²) in [7, 11) is 0. The molecular formula is C20H21BrN4O5. The number of urea groups is 2. The van der Waals surface area contributed by atoms with Crippen LogP contribution in [0.3, 0.4) is 0 Å². The molecule has 1 unspecified atom stereocenters. The molecule has 0 saturated heterocycles. The lowest BCUT2D eigenvalue weighted by Gasteiger charge is -2.25. The number of hydrazine groups is 1. The molecule has 0 aromatic heterocycles. The molecule has 2 aromatic rings. The van der Waals surface area contributed by atoms with Gasteiger partial charge >= 0.3 is 18.0 Å². The number of anilines is 1. The molecule has 0 aliphatic rings. The van der Waals surface area contributed by atoms with Crippen LogP contribution >= 0.6 is 15.9 Å². The van der Waals surface area contributed by atoms with E-state index in [0.29, 0.717) is 17.5 Å². The first kappa shape index (κ1) is 22.9. The van der Waals surface area contributed by atoms with Gasteiger partial charge in [0.05, 0.1) is 11.1 Å². The summed E-state index contributed by atoms with van der Waals surface area (Å²) in [4.78, 5) is 46.8. The van der Waals surface area contributed by atoms with Crippen molar-refractivity contribution in [2.45, 2.75) is 25.3 Å². The number of carbonyl (C=O) groups is 4. The van der Waals surface area contributed by atoms with Crippen LogP contribution in [-0.4, -0.2) is 35.0 Å². The molecule has 2 aromatic carbocycles. The average molecular weight is 477 g/mol. The van der Waals surface area contributed by atoms with Gasteiger partial charge in [0, 0.05) is 10.2 Å². The molecule has 10 heteroatoms. The van der Waals surface area contributed by atoms with E-state index in [1.165, 1.54) is 13.0 Å². The lowest BCUT2D eigenvalue weighted by Crippen LogP contribution is -2.56. The molecule has 0 fully saturated rings. The highest BCUT2D eigenvalue weighted by Crippen LogP contribution is 2.16. The Morgan fingerprint density at radius 1 is 1.03 bits per heavy atom. The van der Waals surface area contributed by atoms with Crippen LogP contribution in [-0.2, 0) is 11.2 Å². The zero-order chi connectivity index (χ0) is 22.1. The van der Waals surface area contributed by atoms with Crippen molar-refractivity contribution >= 4 is 45.9 Å². The molecule has 0 spiro atoms. The standard InChI is InChI=1S/C20H21BrN4O5/c1-20(12-26,11-10-13-4-2-3-5-16(13)17(27)28)23-19(30)25-24-18(29)22-15-8-6-14(21)7-9-15/h2-9,12H,10-11H2,1H3,(H,27,28)(H2,22,24,29)(H2,23,25,30). The second kappa shape index (κ2) is 10.4. The number of amides is 4. The first-order valence-electron chi connectivity index (χ1n) is 8.91. The monoisotopic (exact) mass is 476 g/mol. The number of benzene rings is 2. The third kappa shape index (κ3) is 6.89. The molecule has 2 rings (SSSR count). The van der Waals surface area contributed by atoms with Gasteiger partial charge in [-0.3, -0.25) is 0 Å². The maximum atomic E-state index is 12.1. The highest BCUT2D eigenvalue weighted by molar-refractivity contribution is 9.10. The maximum absolute atomic E-state index is 12.1. The van der Waals surface area contributed by atoms with Gasteiger partial charge in [-0.1, -0.05) is 34.1 Å². The molecule has 30 heavy (non-hydrogen) atoms. The maximum Gasteiger partial charge on any atom is 0.337 e. The minimum Gasteiger partial charge on any atom is -0.478 e. The van der Waals surface area contributed by atoms with Crippen LogP contribution in [0.5, 0.6) is 0 Å². The Kier molecular flexibility index (Phi) is 7.93. The number of carboxylic acids is 1. The SMILES string of the molecule is CC(C=O)(CCc1ccccc1C(=O)O)NC(=O)NNC(=O)Nc1ccc(Br)cc1. The number of rotatable bonds is 7. The van der Waals surface area contributed by atoms with Gasteiger partial charge in [0.1, 0.15) is 6.29 Å². The molecule has 4 amide bonds. The fourth-order valence-electron chi connectivity index (χ4n) is 2.59. The summed E-state index contributed by atoms with van der Waals surface area (Å²) >= 11 is 3.28. The zero-order valence-electron chi connectivity index (χ0n) is 16.1. The second-order valence-electron chi connectivity index (χ2n) is 6.66. The number of nitrogens with one attached hydrogen (secondary N) is 4. The molecule has 0 heterocycles. The van der Waals surface area contributed by atoms with Gasteiger partial charge in [0.2, 0.25) is 0 Å². The van der Waals surface area contributed by atoms with Crippen LogP contribution in [0.25, 0.3) is 0 Å². The lowest BCUT2D eigenvalue weighted by atomic mass is 9.93. The van der Waals surface area contributed by atoms with Crippen LogP contribution in [0.4, 0.5) is 15.3 Å². The van der Waals surface area contributed by atoms with Crippen molar-refractivity contribution in [2.75, 3.05) is 5.32 Å². The number of aromatic carboxylic acids is 1. The normalized spacial score (nSPS) is 12.2. The summed E-state index contributed by atoms with van der Waals surface area (Å²) in [5.41, 5.74) is 4.28. The van der Waals surface area contributed by atoms with E-state index in [-0.39, 0.29) is 18.4 Å². The molecule has 0 radical (unpaired) electrons. The number of hydrogen-bond donors (Lipinski definition) is 5. The van der Waals surface area contributed by atoms with E-state index >= 15 is 0 Å². The Labute approximate surface area is 181 Å². The first-order valence-corrected chi connectivity index (χ1v) is 9.70. The Balaban J connectivity index is 1.87. The Bertz CT molecular complexity index is 935. The number of hydrogen-bond acceptors (Lipinski definition) is 4. The molecular weight excluding hydrogens is 456 g/mol. The van der Waals surface area contributed by atoms with E-state index in [2.05, 4.69) is 37.4 Å². The van der Waals surface area contributed by atoms with E-state index in [9.17, 15) is 24.3 Å². The zero-order valence-corrected chi connectivity index (χ0v) is 17.7. The van der Waals surface area contributed by atoms with Crippen molar-refractivity contribution in [1.82, 2.24) is 16.2 Å². The van der Waals surface area contributed by atoms with E-state index in [1.54, 1.807) is 42.5 Å². The Morgan fingerprint density at radius 2 is 1.67 bits per heavy atom. The topological polar surface area (TPSA) is 137 Å². The number of carboxylic acid groups (broad SMARTS) is 1. The second-order valence-corrected chi connectivity index (χ2v) is 7.58. The van der Waals surface area contributed by atoms with Gasteiger partial charge in [-0.15, -0.1) is 0 Å². The van der Waals surface area contributed by atoms with Crippen molar-refractivity contribution in [3.05, 3.63) is 64.1 Å². The molecule has 0 saturated carbocycles. The number of aldehydes is 1. The van der Waals surface area contributed by atoms with Gasteiger partial charge in [-0.2, -0.15) is 0 Å². The predicted octanol–water partition coefficient (Wildman–Crippen LogP) is 3.07. The van der Waals surface area contributed by atoms with E-state index in [4.69, 9.17) is 0 Å². The van der Waals surface area contributed by atoms with E-state index in [0.717, 1.165) is 4.47 Å². The van der Waals surface area contributed by atoms with Crippen molar-refractivity contribution in [3.63, 3.8) is 0 Å². The van der Waals surface area contributed by atoms with Gasteiger partial charge in [-0.25, -0.2) is 25.2 Å². The van der Waals surface area contributed by atoms with E-state index in [1.807, 2.05) is 0 Å². The summed E-state index contributed by atoms with van der Waals surface area (Å²) in [6.07, 6.45) is 0.993. The summed E-state index contributed by atoms with van der Waals surface area (Å²) in [6.45, 7) is 1.50. The summed E-state index contributed by atoms with van der Waals surface area (Å²) in [5.74, 6) is -1.06. The fourth-order valence-corrected chi connectivity index (χ4v) is 2.86. The van der Waals surface area contributed by atoms with Crippen molar-refractivity contribution < 1.29 is 24.3 Å². The highest BCUT2D eigenvalue weighted by Gasteiger charge is 2.26. The first-order chi connectivity index (χ1) is 14.2. The number of carbonyl (C=O) groups excluding carboxylic acids is 3. The quantitative estimate of drug-likeness (QED) is 0.309. The Hall–Kier alpha value is -3.40. The molecule has 1 atom stereocenters. The average Bonchev–Trinajstić information content (AvgIpc) is 2.72. The molecule has 5 N–H and O–H groups in total. The largest absolute Gasteiger partial charge is 0.478 e. The van der Waals surface area contributed by atoms with Crippen molar-refractivity contribution in [2.24, 2.45) is 0 Å². The Morgan fingerprint density at radius 3 is 2.30 bits per heavy atom. The summed E-state index contributed by atoms with van der Waals surface area (Å²) in [6, 6.07) is 11.8. The minimum absolute atomic E-state index is 0.140. The van der Waals surface area contributed by atoms with Gasteiger partial charge in [0.25, 0.3) is 0 Å². The van der Waals surface area contributed by atoms with Crippen LogP contribution in [0.1, 0.15) is 29.3 Å². The van der Waals surface area contributed by atoms with Gasteiger partial charge in [0.15, 0.2) is 0 Å². The third-order valence-corrected chi connectivity index (χ3v) is 4.74. The summed E-state index contributed by atoms with van der Waals surface area (Å²) < 4.78 is 0.852. The van der Waals surface area contributed by atoms with Crippen LogP contribution in [0, 0.1) is 0 Å². The number of halogens is 1. The molecule has 0 bridgehead atoms. The third-order valence-electron chi connectivity index (χ3n) is 4.21. The van der Waals surface area contributed by atoms with Gasteiger partial charge in [-0.05, 0) is 55.7 Å². The fraction of sp³-hybridized carbons (Fsp3) is 0.200. The lowest BCUT2D eigenvalue weighted by molar-refractivity contribution is -0.112. The molecule has 158 valence electrons. The molecule has 0 aliphatic carbocycles. The van der Waals surface area contributed by atoms with Crippen LogP contribution in [0.2, 0.25) is 0 Å². The minimum atomic E-state index is -1.26. The van der Waals surface area contributed by atoms with Crippen LogP contribution < -0.4 is 21.5 Å². The van der Waals surface area contributed by atoms with Crippen molar-refractivity contribution in [3.8, 4) is 0 Å². The smallest absolute Gasteiger partial charge is 0.337 e. The van der Waals surface area contributed by atoms with Gasteiger partial charge < -0.3 is 20.5 Å². The van der Waals surface area contributed by atoms with Crippen LogP contribution in [0.15, 0.2) is 53.0 Å².